The van der Waals surface area contributed by atoms with Gasteiger partial charge in [-0.15, -0.1) is 0 Å². The van der Waals surface area contributed by atoms with Gasteiger partial charge in [-0.3, -0.25) is 24.1 Å². The molecule has 1 N–H and O–H groups in total. The maximum atomic E-state index is 14.5. The Kier molecular flexibility index (Phi) is 6.36. The highest BCUT2D eigenvalue weighted by molar-refractivity contribution is 9.10. The van der Waals surface area contributed by atoms with E-state index in [4.69, 9.17) is 4.74 Å². The summed E-state index contributed by atoms with van der Waals surface area (Å²) in [5.41, 5.74) is 0.946. The summed E-state index contributed by atoms with van der Waals surface area (Å²) in [5.74, 6) is -4.45. The van der Waals surface area contributed by atoms with Crippen molar-refractivity contribution in [2.75, 3.05) is 16.9 Å². The highest BCUT2D eigenvalue weighted by Crippen LogP contribution is 2.65. The van der Waals surface area contributed by atoms with Crippen LogP contribution in [0.1, 0.15) is 31.2 Å². The fraction of sp³-hybridized carbons (Fsp3) is 0.294. The topological polar surface area (TPSA) is 104 Å². The van der Waals surface area contributed by atoms with Crippen molar-refractivity contribution in [3.63, 3.8) is 0 Å². The van der Waals surface area contributed by atoms with E-state index in [0.717, 1.165) is 5.57 Å². The van der Waals surface area contributed by atoms with Gasteiger partial charge < -0.3 is 9.84 Å². The molecule has 0 aromatic heterocycles. The van der Waals surface area contributed by atoms with Crippen molar-refractivity contribution in [2.45, 2.75) is 25.7 Å². The number of carbonyl (C=O) groups is 4. The summed E-state index contributed by atoms with van der Waals surface area (Å²) in [6.45, 7) is 1.79. The number of anilines is 2. The number of phenols is 1. The minimum Gasteiger partial charge on any atom is -0.504 e. The van der Waals surface area contributed by atoms with Gasteiger partial charge in [0.25, 0.3) is 0 Å². The van der Waals surface area contributed by atoms with Crippen molar-refractivity contribution in [1.29, 1.82) is 0 Å². The van der Waals surface area contributed by atoms with Gasteiger partial charge in [-0.2, -0.15) is 0 Å². The number of fused-ring (bicyclic) bond motifs is 4. The summed E-state index contributed by atoms with van der Waals surface area (Å²) in [6, 6.07) is 21.1. The van der Waals surface area contributed by atoms with Crippen LogP contribution in [0.25, 0.3) is 0 Å². The molecule has 3 aromatic rings. The number of phenolic OH excluding ortho intramolecular Hbond substituents is 1. The Morgan fingerprint density at radius 2 is 1.49 bits per heavy atom. The van der Waals surface area contributed by atoms with Gasteiger partial charge in [-0.25, -0.2) is 4.90 Å². The largest absolute Gasteiger partial charge is 0.504 e. The van der Waals surface area contributed by atoms with E-state index in [2.05, 4.69) is 15.9 Å². The Labute approximate surface area is 257 Å². The number of hydrogen-bond acceptors (Lipinski definition) is 6. The molecule has 7 rings (SSSR count). The van der Waals surface area contributed by atoms with E-state index in [-0.39, 0.29) is 41.5 Å². The number of benzene rings is 3. The maximum Gasteiger partial charge on any atom is 0.241 e. The number of imide groups is 2. The fourth-order valence-electron chi connectivity index (χ4n) is 7.98. The average Bonchev–Trinajstić information content (AvgIpc) is 3.38. The van der Waals surface area contributed by atoms with Crippen molar-refractivity contribution in [3.05, 3.63) is 94.5 Å². The second-order valence-corrected chi connectivity index (χ2v) is 12.8. The number of para-hydroxylation sites is 2. The lowest BCUT2D eigenvalue weighted by Gasteiger charge is -2.49. The molecule has 2 aliphatic carbocycles. The fourth-order valence-corrected chi connectivity index (χ4v) is 8.44. The standard InChI is InChI=1S/C34H29BrN2O6/c1-34-25(31(40)37(33(34)42)20-11-7-4-8-12-20)17-23-21(28(34)24-15-18(35)16-26(43-2)29(24)38)13-14-22-27(23)32(41)36(30(22)39)19-9-5-3-6-10-19/h3-13,15-16,22-23,25,27-28,38H,14,17H2,1-2H3. The molecule has 6 unspecified atom stereocenters. The van der Waals surface area contributed by atoms with Crippen LogP contribution in [0, 0.1) is 29.1 Å². The van der Waals surface area contributed by atoms with Crippen molar-refractivity contribution in [3.8, 4) is 11.5 Å². The van der Waals surface area contributed by atoms with E-state index in [9.17, 15) is 24.3 Å². The van der Waals surface area contributed by atoms with Gasteiger partial charge in [0, 0.05) is 16.0 Å². The molecule has 3 fully saturated rings. The molecule has 3 aromatic carbocycles. The average molecular weight is 642 g/mol. The number of allylic oxidation sites excluding steroid dienone is 2. The predicted molar refractivity (Wildman–Crippen MR) is 162 cm³/mol. The summed E-state index contributed by atoms with van der Waals surface area (Å²) in [4.78, 5) is 59.0. The number of ether oxygens (including phenoxy) is 1. The highest BCUT2D eigenvalue weighted by Gasteiger charge is 2.68. The van der Waals surface area contributed by atoms with Crippen LogP contribution in [0.4, 0.5) is 11.4 Å². The molecule has 6 atom stereocenters. The number of amides is 4. The zero-order valence-corrected chi connectivity index (χ0v) is 25.2. The Hall–Kier alpha value is -4.24. The molecule has 218 valence electrons. The van der Waals surface area contributed by atoms with Crippen LogP contribution in [0.5, 0.6) is 11.5 Å². The monoisotopic (exact) mass is 640 g/mol. The van der Waals surface area contributed by atoms with Crippen molar-refractivity contribution in [1.82, 2.24) is 0 Å². The quantitative estimate of drug-likeness (QED) is 0.294. The molecule has 1 saturated carbocycles. The molecular formula is C34H29BrN2O6. The van der Waals surface area contributed by atoms with Gasteiger partial charge in [-0.05, 0) is 62.1 Å². The van der Waals surface area contributed by atoms with Crippen LogP contribution in [0.15, 0.2) is 88.9 Å². The number of carbonyl (C=O) groups excluding carboxylic acids is 4. The zero-order valence-electron chi connectivity index (χ0n) is 23.6. The van der Waals surface area contributed by atoms with Gasteiger partial charge in [-0.1, -0.05) is 64.0 Å². The molecular weight excluding hydrogens is 612 g/mol. The second-order valence-electron chi connectivity index (χ2n) is 11.9. The second kappa shape index (κ2) is 9.91. The van der Waals surface area contributed by atoms with Crippen molar-refractivity contribution < 1.29 is 29.0 Å². The van der Waals surface area contributed by atoms with Crippen LogP contribution in [0.3, 0.4) is 0 Å². The zero-order chi connectivity index (χ0) is 30.2. The third-order valence-corrected chi connectivity index (χ3v) is 10.4. The van der Waals surface area contributed by atoms with E-state index in [1.807, 2.05) is 18.2 Å². The van der Waals surface area contributed by atoms with E-state index in [1.54, 1.807) is 67.6 Å². The van der Waals surface area contributed by atoms with Crippen LogP contribution in [-0.4, -0.2) is 35.8 Å². The lowest BCUT2D eigenvalue weighted by molar-refractivity contribution is -0.131. The highest BCUT2D eigenvalue weighted by atomic mass is 79.9. The molecule has 0 spiro atoms. The molecule has 0 radical (unpaired) electrons. The third-order valence-electron chi connectivity index (χ3n) is 9.90. The van der Waals surface area contributed by atoms with Gasteiger partial charge in [0.05, 0.1) is 41.7 Å². The first-order valence-electron chi connectivity index (χ1n) is 14.3. The number of rotatable bonds is 4. The summed E-state index contributed by atoms with van der Waals surface area (Å²) < 4.78 is 6.10. The molecule has 2 heterocycles. The Bertz CT molecular complexity index is 1720. The number of methoxy groups -OCH3 is 1. The van der Waals surface area contributed by atoms with E-state index < -0.39 is 35.0 Å². The van der Waals surface area contributed by atoms with Gasteiger partial charge in [0.1, 0.15) is 0 Å². The lowest BCUT2D eigenvalue weighted by Crippen LogP contribution is -2.49. The van der Waals surface area contributed by atoms with Crippen LogP contribution in [0.2, 0.25) is 0 Å². The predicted octanol–water partition coefficient (Wildman–Crippen LogP) is 5.60. The van der Waals surface area contributed by atoms with E-state index >= 15 is 0 Å². The first-order valence-corrected chi connectivity index (χ1v) is 15.1. The molecule has 4 aliphatic rings. The minimum absolute atomic E-state index is 0.127. The molecule has 2 aliphatic heterocycles. The van der Waals surface area contributed by atoms with Crippen LogP contribution >= 0.6 is 15.9 Å². The molecule has 8 nitrogen and oxygen atoms in total. The van der Waals surface area contributed by atoms with Crippen molar-refractivity contribution >= 4 is 50.9 Å². The number of nitrogens with zero attached hydrogens (tertiary/aromatic N) is 2. The molecule has 9 heteroatoms. The van der Waals surface area contributed by atoms with E-state index in [0.29, 0.717) is 27.8 Å². The number of halogens is 1. The number of hydrogen-bond donors (Lipinski definition) is 1. The van der Waals surface area contributed by atoms with Gasteiger partial charge in [0.15, 0.2) is 11.5 Å². The smallest absolute Gasteiger partial charge is 0.241 e. The maximum absolute atomic E-state index is 14.5. The summed E-state index contributed by atoms with van der Waals surface area (Å²) >= 11 is 3.53. The van der Waals surface area contributed by atoms with Crippen molar-refractivity contribution in [2.24, 2.45) is 29.1 Å². The van der Waals surface area contributed by atoms with Gasteiger partial charge >= 0.3 is 0 Å². The molecule has 2 saturated heterocycles. The van der Waals surface area contributed by atoms with Crippen LogP contribution in [-0.2, 0) is 19.2 Å². The minimum atomic E-state index is -1.27. The molecule has 0 bridgehead atoms. The Morgan fingerprint density at radius 3 is 2.12 bits per heavy atom. The lowest BCUT2D eigenvalue weighted by atomic mass is 9.51. The summed E-state index contributed by atoms with van der Waals surface area (Å²) in [7, 11) is 1.45. The first kappa shape index (κ1) is 27.6. The summed E-state index contributed by atoms with van der Waals surface area (Å²) in [6.07, 6.45) is 2.52. The van der Waals surface area contributed by atoms with Gasteiger partial charge in [0.2, 0.25) is 23.6 Å². The Morgan fingerprint density at radius 1 is 0.860 bits per heavy atom. The normalized spacial score (nSPS) is 29.7. The number of aromatic hydroxyl groups is 1. The third kappa shape index (κ3) is 3.80. The Balaban J connectivity index is 1.41. The SMILES string of the molecule is COc1cc(Br)cc(C2C3=CCC4C(=O)N(c5ccccc5)C(=O)C4C3CC3C(=O)N(c4ccccc4)C(=O)C32C)c1O. The summed E-state index contributed by atoms with van der Waals surface area (Å²) in [5, 5.41) is 11.5. The molecule has 4 amide bonds. The first-order chi connectivity index (χ1) is 20.7. The molecule has 43 heavy (non-hydrogen) atoms. The van der Waals surface area contributed by atoms with E-state index in [1.165, 1.54) is 16.9 Å². The van der Waals surface area contributed by atoms with Crippen LogP contribution < -0.4 is 14.5 Å².